The number of rotatable bonds is 10. The van der Waals surface area contributed by atoms with Crippen LogP contribution in [0.5, 0.6) is 5.75 Å². The van der Waals surface area contributed by atoms with Crippen LogP contribution in [0, 0.1) is 18.2 Å². The van der Waals surface area contributed by atoms with E-state index in [4.69, 9.17) is 0 Å². The zero-order chi connectivity index (χ0) is 29.8. The van der Waals surface area contributed by atoms with Gasteiger partial charge in [-0.05, 0) is 49.6 Å². The van der Waals surface area contributed by atoms with Crippen LogP contribution in [-0.2, 0) is 16.0 Å². The van der Waals surface area contributed by atoms with Gasteiger partial charge >= 0.3 is 0 Å². The normalized spacial score (nSPS) is 19.1. The highest BCUT2D eigenvalue weighted by atomic mass is 19.3. The predicted molar refractivity (Wildman–Crippen MR) is 142 cm³/mol. The Balaban J connectivity index is 1.95. The first-order valence-electron chi connectivity index (χ1n) is 13.2. The maximum Gasteiger partial charge on any atom is 0.272 e. The molecule has 2 aromatic rings. The van der Waals surface area contributed by atoms with E-state index in [1.165, 1.54) is 57.2 Å². The third-order valence-corrected chi connectivity index (χ3v) is 7.51. The third kappa shape index (κ3) is 6.41. The molecule has 0 aliphatic carbocycles. The lowest BCUT2D eigenvalue weighted by Crippen LogP contribution is -2.57. The van der Waals surface area contributed by atoms with Gasteiger partial charge in [-0.2, -0.15) is 0 Å². The number of nitrogens with one attached hydrogen (secondary N) is 2. The molecule has 1 fully saturated rings. The molecular formula is C29H36F3N3O5. The molecule has 3 amide bonds. The number of carbonyl (C=O) groups excluding carboxylic acids is 3. The molecule has 3 rings (SSSR count). The molecule has 0 radical (unpaired) electrons. The second-order valence-electron chi connectivity index (χ2n) is 10.7. The minimum Gasteiger partial charge on any atom is -0.508 e. The summed E-state index contributed by atoms with van der Waals surface area (Å²) in [5.41, 5.74) is -1.31. The number of alkyl halides is 2. The molecule has 1 aliphatic rings. The van der Waals surface area contributed by atoms with Gasteiger partial charge in [-0.3, -0.25) is 14.4 Å². The first-order valence-corrected chi connectivity index (χ1v) is 13.2. The summed E-state index contributed by atoms with van der Waals surface area (Å²) in [5.74, 6) is -6.87. The Morgan fingerprint density at radius 2 is 1.82 bits per heavy atom. The highest BCUT2D eigenvalue weighted by Gasteiger charge is 2.64. The zero-order valence-electron chi connectivity index (χ0n) is 23.0. The van der Waals surface area contributed by atoms with Crippen LogP contribution in [0.2, 0.25) is 0 Å². The number of likely N-dealkylation sites (tertiary alicyclic amines) is 1. The van der Waals surface area contributed by atoms with E-state index in [9.17, 15) is 29.0 Å². The van der Waals surface area contributed by atoms with Crippen LogP contribution >= 0.6 is 0 Å². The third-order valence-electron chi connectivity index (χ3n) is 7.51. The Labute approximate surface area is 231 Å². The molecule has 0 aromatic heterocycles. The molecule has 0 bridgehead atoms. The van der Waals surface area contributed by atoms with Crippen LogP contribution in [0.25, 0.3) is 0 Å². The van der Waals surface area contributed by atoms with Crippen molar-refractivity contribution in [3.63, 3.8) is 0 Å². The molecule has 218 valence electrons. The highest BCUT2D eigenvalue weighted by Crippen LogP contribution is 2.48. The van der Waals surface area contributed by atoms with Gasteiger partial charge in [-0.1, -0.05) is 45.4 Å². The van der Waals surface area contributed by atoms with Crippen molar-refractivity contribution in [2.75, 3.05) is 13.1 Å². The van der Waals surface area contributed by atoms with Gasteiger partial charge in [-0.25, -0.2) is 13.2 Å². The van der Waals surface area contributed by atoms with E-state index >= 15 is 8.78 Å². The van der Waals surface area contributed by atoms with Crippen molar-refractivity contribution in [1.82, 2.24) is 15.5 Å². The van der Waals surface area contributed by atoms with Gasteiger partial charge in [0.1, 0.15) is 17.6 Å². The van der Waals surface area contributed by atoms with Crippen LogP contribution in [0.1, 0.15) is 55.1 Å². The van der Waals surface area contributed by atoms with Gasteiger partial charge in [0.05, 0.1) is 18.0 Å². The summed E-state index contributed by atoms with van der Waals surface area (Å²) in [4.78, 5) is 40.4. The average molecular weight is 564 g/mol. The van der Waals surface area contributed by atoms with Crippen molar-refractivity contribution in [3.05, 3.63) is 65.0 Å². The Bertz CT molecular complexity index is 1250. The molecule has 3 unspecified atom stereocenters. The first kappa shape index (κ1) is 30.9. The zero-order valence-corrected chi connectivity index (χ0v) is 23.0. The summed E-state index contributed by atoms with van der Waals surface area (Å²) in [6.45, 7) is 4.91. The Morgan fingerprint density at radius 3 is 2.48 bits per heavy atom. The Hall–Kier alpha value is -3.60. The Morgan fingerprint density at radius 1 is 1.15 bits per heavy atom. The van der Waals surface area contributed by atoms with Crippen molar-refractivity contribution in [2.45, 2.75) is 71.1 Å². The molecule has 11 heteroatoms. The van der Waals surface area contributed by atoms with Crippen LogP contribution in [0.3, 0.4) is 0 Å². The number of phenolic OH excluding ortho intramolecular Hbond substituents is 1. The summed E-state index contributed by atoms with van der Waals surface area (Å²) < 4.78 is 44.1. The van der Waals surface area contributed by atoms with Gasteiger partial charge in [0.15, 0.2) is 6.10 Å². The number of phenols is 1. The lowest BCUT2D eigenvalue weighted by Gasteiger charge is -2.34. The molecule has 2 aromatic carbocycles. The van der Waals surface area contributed by atoms with Crippen LogP contribution in [-0.4, -0.2) is 70.0 Å². The number of amides is 3. The van der Waals surface area contributed by atoms with Gasteiger partial charge in [0.25, 0.3) is 17.7 Å². The number of hydrogen-bond acceptors (Lipinski definition) is 5. The molecule has 1 aliphatic heterocycles. The molecule has 1 saturated heterocycles. The quantitative estimate of drug-likeness (QED) is 0.331. The summed E-state index contributed by atoms with van der Waals surface area (Å²) in [6, 6.07) is 6.58. The number of halogens is 3. The number of carbonyl (C=O) groups is 3. The highest BCUT2D eigenvalue weighted by molar-refractivity contribution is 5.97. The van der Waals surface area contributed by atoms with Gasteiger partial charge in [0.2, 0.25) is 5.91 Å². The molecule has 8 nitrogen and oxygen atoms in total. The number of unbranched alkanes of at least 4 members (excludes halogenated alkanes) is 1. The van der Waals surface area contributed by atoms with Crippen LogP contribution in [0.15, 0.2) is 42.5 Å². The number of aliphatic hydroxyl groups excluding tert-OH is 1. The van der Waals surface area contributed by atoms with Crippen LogP contribution in [0.4, 0.5) is 13.2 Å². The standard InChI is InChI=1S/C29H36F3N3O5/c1-5-6-13-33-26(39)24-28(3,4)29(31,32)16-35(24)27(40)23(37)21(15-18-9-7-10-19(30)14-18)34-25(38)20-11-8-12-22(36)17(20)2/h7-12,14,21,23-24,36-37H,5-6,13,15-16H2,1-4H3,(H,33,39)(H,34,38). The molecule has 0 saturated carbocycles. The van der Waals surface area contributed by atoms with E-state index in [0.29, 0.717) is 16.9 Å². The fourth-order valence-corrected chi connectivity index (χ4v) is 4.88. The van der Waals surface area contributed by atoms with E-state index in [0.717, 1.165) is 12.5 Å². The fourth-order valence-electron chi connectivity index (χ4n) is 4.88. The SMILES string of the molecule is CCCCNC(=O)C1N(C(=O)C(O)C(Cc2cccc(F)c2)NC(=O)c2cccc(O)c2C)CC(F)(F)C1(C)C. The van der Waals surface area contributed by atoms with Gasteiger partial charge in [-0.15, -0.1) is 0 Å². The molecule has 40 heavy (non-hydrogen) atoms. The van der Waals surface area contributed by atoms with E-state index in [1.54, 1.807) is 0 Å². The average Bonchev–Trinajstić information content (AvgIpc) is 3.08. The Kier molecular flexibility index (Phi) is 9.50. The summed E-state index contributed by atoms with van der Waals surface area (Å²) >= 11 is 0. The number of benzene rings is 2. The minimum atomic E-state index is -3.45. The van der Waals surface area contributed by atoms with E-state index in [2.05, 4.69) is 10.6 Å². The predicted octanol–water partition coefficient (Wildman–Crippen LogP) is 3.33. The summed E-state index contributed by atoms with van der Waals surface area (Å²) in [5, 5.41) is 26.4. The minimum absolute atomic E-state index is 0.0610. The smallest absolute Gasteiger partial charge is 0.272 e. The molecule has 1 heterocycles. The maximum absolute atomic E-state index is 15.1. The number of aromatic hydroxyl groups is 1. The van der Waals surface area contributed by atoms with Crippen molar-refractivity contribution in [2.24, 2.45) is 5.41 Å². The topological polar surface area (TPSA) is 119 Å². The summed E-state index contributed by atoms with van der Waals surface area (Å²) in [6.07, 6.45) is -0.913. The van der Waals surface area contributed by atoms with Gasteiger partial charge < -0.3 is 25.7 Å². The van der Waals surface area contributed by atoms with Crippen molar-refractivity contribution < 1.29 is 37.8 Å². The monoisotopic (exact) mass is 563 g/mol. The van der Waals surface area contributed by atoms with Crippen LogP contribution < -0.4 is 10.6 Å². The lowest BCUT2D eigenvalue weighted by molar-refractivity contribution is -0.148. The second-order valence-corrected chi connectivity index (χ2v) is 10.7. The lowest BCUT2D eigenvalue weighted by atomic mass is 9.81. The van der Waals surface area contributed by atoms with Crippen molar-refractivity contribution in [3.8, 4) is 5.75 Å². The van der Waals surface area contributed by atoms with E-state index in [1.807, 2.05) is 6.92 Å². The summed E-state index contributed by atoms with van der Waals surface area (Å²) in [7, 11) is 0. The van der Waals surface area contributed by atoms with Crippen molar-refractivity contribution in [1.29, 1.82) is 0 Å². The second kappa shape index (κ2) is 12.3. The first-order chi connectivity index (χ1) is 18.7. The molecule has 4 N–H and O–H groups in total. The van der Waals surface area contributed by atoms with E-state index in [-0.39, 0.29) is 29.8 Å². The van der Waals surface area contributed by atoms with Crippen molar-refractivity contribution >= 4 is 17.7 Å². The number of aliphatic hydroxyl groups is 1. The number of hydrogen-bond donors (Lipinski definition) is 4. The number of nitrogens with zero attached hydrogens (tertiary/aromatic N) is 1. The van der Waals surface area contributed by atoms with E-state index < -0.39 is 59.6 Å². The molecule has 0 spiro atoms. The van der Waals surface area contributed by atoms with Gasteiger partial charge in [0, 0.05) is 17.7 Å². The fraction of sp³-hybridized carbons (Fsp3) is 0.483. The largest absolute Gasteiger partial charge is 0.508 e. The maximum atomic E-state index is 15.1. The molecule has 3 atom stereocenters. The molecular weight excluding hydrogens is 527 g/mol.